The lowest BCUT2D eigenvalue weighted by Crippen LogP contribution is -2.20. The van der Waals surface area contributed by atoms with Crippen LogP contribution in [0.5, 0.6) is 0 Å². The van der Waals surface area contributed by atoms with Crippen molar-refractivity contribution in [2.75, 3.05) is 12.4 Å². The topological polar surface area (TPSA) is 29.9 Å². The molecule has 3 nitrogen and oxygen atoms in total. The van der Waals surface area contributed by atoms with Gasteiger partial charge in [0.25, 0.3) is 0 Å². The van der Waals surface area contributed by atoms with E-state index in [9.17, 15) is 0 Å². The second-order valence-corrected chi connectivity index (χ2v) is 5.25. The quantitative estimate of drug-likeness (QED) is 0.717. The first-order chi connectivity index (χ1) is 7.59. The average Bonchev–Trinajstić information content (AvgIpc) is 2.64. The number of imidazole rings is 1. The molecule has 0 fully saturated rings. The van der Waals surface area contributed by atoms with Gasteiger partial charge >= 0.3 is 0 Å². The van der Waals surface area contributed by atoms with Crippen LogP contribution in [0.15, 0.2) is 12.4 Å². The summed E-state index contributed by atoms with van der Waals surface area (Å²) in [5, 5.41) is 3.12. The summed E-state index contributed by atoms with van der Waals surface area (Å²) in [6.45, 7) is 7.96. The van der Waals surface area contributed by atoms with Gasteiger partial charge in [-0.05, 0) is 11.8 Å². The molecular weight excluding hydrogens is 198 g/mol. The Balaban J connectivity index is 2.51. The molecule has 0 atom stereocenters. The smallest absolute Gasteiger partial charge is 0.202 e. The summed E-state index contributed by atoms with van der Waals surface area (Å²) in [5.74, 6) is 0.962. The Labute approximate surface area is 99.3 Å². The molecule has 0 bridgehead atoms. The Morgan fingerprint density at radius 1 is 1.38 bits per heavy atom. The molecule has 0 saturated heterocycles. The van der Waals surface area contributed by atoms with Crippen molar-refractivity contribution in [1.29, 1.82) is 0 Å². The van der Waals surface area contributed by atoms with E-state index in [-0.39, 0.29) is 0 Å². The number of rotatable bonds is 7. The first-order valence-electron chi connectivity index (χ1n) is 6.28. The number of hydrogen-bond donors (Lipinski definition) is 1. The fourth-order valence-electron chi connectivity index (χ4n) is 2.06. The second-order valence-electron chi connectivity index (χ2n) is 5.25. The van der Waals surface area contributed by atoms with Crippen LogP contribution >= 0.6 is 0 Å². The highest BCUT2D eigenvalue weighted by Crippen LogP contribution is 2.27. The molecule has 0 aliphatic rings. The number of hydrogen-bond acceptors (Lipinski definition) is 2. The maximum Gasteiger partial charge on any atom is 0.202 e. The maximum absolute atomic E-state index is 4.27. The van der Waals surface area contributed by atoms with Crippen LogP contribution in [0.25, 0.3) is 0 Å². The van der Waals surface area contributed by atoms with Crippen LogP contribution in [-0.2, 0) is 6.54 Å². The van der Waals surface area contributed by atoms with E-state index in [4.69, 9.17) is 0 Å². The highest BCUT2D eigenvalue weighted by Gasteiger charge is 2.19. The van der Waals surface area contributed by atoms with Gasteiger partial charge in [0.1, 0.15) is 0 Å². The van der Waals surface area contributed by atoms with Gasteiger partial charge in [0.05, 0.1) is 0 Å². The SMILES string of the molecule is CCCCCC(C)(C)Cn1ccnc1NC. The highest BCUT2D eigenvalue weighted by atomic mass is 15.2. The second kappa shape index (κ2) is 5.92. The molecule has 1 N–H and O–H groups in total. The van der Waals surface area contributed by atoms with Gasteiger partial charge in [-0.15, -0.1) is 0 Å². The standard InChI is InChI=1S/C13H25N3/c1-5-6-7-8-13(2,3)11-16-10-9-15-12(16)14-4/h9-10H,5-8,11H2,1-4H3,(H,14,15). The van der Waals surface area contributed by atoms with E-state index in [0.29, 0.717) is 5.41 Å². The molecule has 0 aromatic carbocycles. The van der Waals surface area contributed by atoms with Gasteiger partial charge in [-0.25, -0.2) is 4.98 Å². The molecule has 0 unspecified atom stereocenters. The van der Waals surface area contributed by atoms with Crippen molar-refractivity contribution >= 4 is 5.95 Å². The Bertz CT molecular complexity index is 302. The van der Waals surface area contributed by atoms with Gasteiger partial charge in [-0.2, -0.15) is 0 Å². The molecule has 16 heavy (non-hydrogen) atoms. The summed E-state index contributed by atoms with van der Waals surface area (Å²) in [6, 6.07) is 0. The number of aromatic nitrogens is 2. The van der Waals surface area contributed by atoms with Crippen LogP contribution in [0.2, 0.25) is 0 Å². The third kappa shape index (κ3) is 3.87. The Morgan fingerprint density at radius 2 is 2.12 bits per heavy atom. The first kappa shape index (κ1) is 13.1. The van der Waals surface area contributed by atoms with Gasteiger partial charge in [0.2, 0.25) is 5.95 Å². The molecule has 1 aromatic rings. The molecule has 3 heteroatoms. The minimum Gasteiger partial charge on any atom is -0.359 e. The molecule has 0 saturated carbocycles. The Morgan fingerprint density at radius 3 is 2.75 bits per heavy atom. The van der Waals surface area contributed by atoms with Crippen molar-refractivity contribution in [1.82, 2.24) is 9.55 Å². The maximum atomic E-state index is 4.27. The monoisotopic (exact) mass is 223 g/mol. The van der Waals surface area contributed by atoms with Gasteiger partial charge in [0.15, 0.2) is 0 Å². The fraction of sp³-hybridized carbons (Fsp3) is 0.769. The lowest BCUT2D eigenvalue weighted by molar-refractivity contribution is 0.273. The normalized spacial score (nSPS) is 11.8. The molecule has 0 amide bonds. The van der Waals surface area contributed by atoms with Crippen molar-refractivity contribution in [2.45, 2.75) is 53.0 Å². The van der Waals surface area contributed by atoms with Crippen LogP contribution < -0.4 is 5.32 Å². The van der Waals surface area contributed by atoms with Crippen LogP contribution in [0.4, 0.5) is 5.95 Å². The molecule has 0 radical (unpaired) electrons. The van der Waals surface area contributed by atoms with Crippen LogP contribution in [-0.4, -0.2) is 16.6 Å². The molecule has 0 spiro atoms. The molecular formula is C13H25N3. The zero-order valence-electron chi connectivity index (χ0n) is 11.1. The number of unbranched alkanes of at least 4 members (excludes halogenated alkanes) is 2. The van der Waals surface area contributed by atoms with Crippen molar-refractivity contribution < 1.29 is 0 Å². The van der Waals surface area contributed by atoms with Gasteiger partial charge in [-0.1, -0.05) is 40.0 Å². The Hall–Kier alpha value is -0.990. The molecule has 1 aromatic heterocycles. The third-order valence-electron chi connectivity index (χ3n) is 2.99. The predicted molar refractivity (Wildman–Crippen MR) is 69.7 cm³/mol. The van der Waals surface area contributed by atoms with Crippen LogP contribution in [0, 0.1) is 5.41 Å². The number of nitrogens with one attached hydrogen (secondary N) is 1. The van der Waals surface area contributed by atoms with E-state index in [1.54, 1.807) is 0 Å². The lowest BCUT2D eigenvalue weighted by Gasteiger charge is -2.25. The van der Waals surface area contributed by atoms with Crippen LogP contribution in [0.3, 0.4) is 0 Å². The third-order valence-corrected chi connectivity index (χ3v) is 2.99. The van der Waals surface area contributed by atoms with Crippen molar-refractivity contribution in [3.63, 3.8) is 0 Å². The summed E-state index contributed by atoms with van der Waals surface area (Å²) in [6.07, 6.45) is 9.14. The Kier molecular flexibility index (Phi) is 4.84. The molecule has 1 heterocycles. The van der Waals surface area contributed by atoms with Gasteiger partial charge in [-0.3, -0.25) is 0 Å². The lowest BCUT2D eigenvalue weighted by atomic mass is 9.87. The summed E-state index contributed by atoms with van der Waals surface area (Å²) in [5.41, 5.74) is 0.349. The molecule has 0 aliphatic carbocycles. The highest BCUT2D eigenvalue weighted by molar-refractivity contribution is 5.24. The summed E-state index contributed by atoms with van der Waals surface area (Å²) in [4.78, 5) is 4.27. The van der Waals surface area contributed by atoms with Gasteiger partial charge in [0, 0.05) is 26.0 Å². The van der Waals surface area contributed by atoms with Crippen LogP contribution in [0.1, 0.15) is 46.5 Å². The first-order valence-corrected chi connectivity index (χ1v) is 6.28. The zero-order chi connectivity index (χ0) is 12.0. The number of anilines is 1. The van der Waals surface area contributed by atoms with Crippen molar-refractivity contribution in [2.24, 2.45) is 5.41 Å². The number of nitrogens with zero attached hydrogens (tertiary/aromatic N) is 2. The van der Waals surface area contributed by atoms with Gasteiger partial charge < -0.3 is 9.88 Å². The molecule has 1 rings (SSSR count). The van der Waals surface area contributed by atoms with E-state index < -0.39 is 0 Å². The summed E-state index contributed by atoms with van der Waals surface area (Å²) < 4.78 is 2.20. The summed E-state index contributed by atoms with van der Waals surface area (Å²) in [7, 11) is 1.92. The molecule has 92 valence electrons. The van der Waals surface area contributed by atoms with E-state index in [1.165, 1.54) is 25.7 Å². The minimum atomic E-state index is 0.349. The van der Waals surface area contributed by atoms with Crippen molar-refractivity contribution in [3.05, 3.63) is 12.4 Å². The zero-order valence-corrected chi connectivity index (χ0v) is 11.1. The van der Waals surface area contributed by atoms with Crippen molar-refractivity contribution in [3.8, 4) is 0 Å². The van der Waals surface area contributed by atoms with E-state index in [0.717, 1.165) is 12.5 Å². The van der Waals surface area contributed by atoms with E-state index >= 15 is 0 Å². The largest absolute Gasteiger partial charge is 0.359 e. The summed E-state index contributed by atoms with van der Waals surface area (Å²) >= 11 is 0. The fourth-order valence-corrected chi connectivity index (χ4v) is 2.06. The van der Waals surface area contributed by atoms with E-state index in [2.05, 4.69) is 35.6 Å². The molecule has 0 aliphatic heterocycles. The van der Waals surface area contributed by atoms with E-state index in [1.807, 2.05) is 19.4 Å². The predicted octanol–water partition coefficient (Wildman–Crippen LogP) is 3.53. The minimum absolute atomic E-state index is 0.349. The average molecular weight is 223 g/mol.